The molecule has 0 fully saturated rings. The predicted molar refractivity (Wildman–Crippen MR) is 136 cm³/mol. The molecule has 0 radical (unpaired) electrons. The molecule has 0 bridgehead atoms. The van der Waals surface area contributed by atoms with Crippen molar-refractivity contribution in [3.8, 4) is 11.1 Å². The van der Waals surface area contributed by atoms with Crippen LogP contribution >= 0.6 is 24.8 Å². The molecule has 174 valence electrons. The minimum Gasteiger partial charge on any atom is -0.326 e. The SMILES string of the molecule is Cc1ccc(-c2c(CN)c(CC(C)C)nc(C)c2NC(=O)c2cc(C)n(C)n2)cc1.Cl.Cl. The fraction of sp³-hybridized carbons (Fsp3) is 0.375. The molecule has 1 aromatic carbocycles. The Kier molecular flexibility index (Phi) is 9.89. The second-order valence-electron chi connectivity index (χ2n) is 8.29. The Morgan fingerprint density at radius 1 is 1.12 bits per heavy atom. The van der Waals surface area contributed by atoms with Gasteiger partial charge in [-0.05, 0) is 50.3 Å². The number of nitrogens with zero attached hydrogens (tertiary/aromatic N) is 3. The van der Waals surface area contributed by atoms with E-state index in [1.807, 2.05) is 20.9 Å². The van der Waals surface area contributed by atoms with Crippen LogP contribution < -0.4 is 11.1 Å². The van der Waals surface area contributed by atoms with Gasteiger partial charge < -0.3 is 11.1 Å². The van der Waals surface area contributed by atoms with Gasteiger partial charge in [0.15, 0.2) is 5.69 Å². The average molecular weight is 478 g/mol. The van der Waals surface area contributed by atoms with E-state index in [2.05, 4.69) is 55.5 Å². The third kappa shape index (κ3) is 5.88. The van der Waals surface area contributed by atoms with Crippen LogP contribution in [-0.2, 0) is 20.0 Å². The zero-order valence-electron chi connectivity index (χ0n) is 19.5. The van der Waals surface area contributed by atoms with Crippen molar-refractivity contribution in [2.24, 2.45) is 18.7 Å². The van der Waals surface area contributed by atoms with E-state index in [4.69, 9.17) is 10.7 Å². The number of nitrogens with one attached hydrogen (secondary N) is 1. The second kappa shape index (κ2) is 11.5. The van der Waals surface area contributed by atoms with Crippen molar-refractivity contribution < 1.29 is 4.79 Å². The number of carbonyl (C=O) groups is 1. The molecule has 2 aromatic heterocycles. The molecule has 0 saturated heterocycles. The number of rotatable bonds is 6. The number of anilines is 1. The van der Waals surface area contributed by atoms with Gasteiger partial charge in [-0.15, -0.1) is 24.8 Å². The van der Waals surface area contributed by atoms with Crippen molar-refractivity contribution in [3.63, 3.8) is 0 Å². The van der Waals surface area contributed by atoms with Crippen LogP contribution in [0.25, 0.3) is 11.1 Å². The third-order valence-electron chi connectivity index (χ3n) is 5.30. The van der Waals surface area contributed by atoms with Crippen LogP contribution in [0, 0.1) is 26.7 Å². The summed E-state index contributed by atoms with van der Waals surface area (Å²) in [5, 5.41) is 7.38. The first kappa shape index (κ1) is 27.6. The molecule has 3 aromatic rings. The lowest BCUT2D eigenvalue weighted by Crippen LogP contribution is -2.18. The summed E-state index contributed by atoms with van der Waals surface area (Å²) in [6.45, 7) is 10.6. The van der Waals surface area contributed by atoms with Crippen molar-refractivity contribution in [1.29, 1.82) is 0 Å². The van der Waals surface area contributed by atoms with Crippen LogP contribution in [0.5, 0.6) is 0 Å². The molecule has 0 aliphatic heterocycles. The number of benzene rings is 1. The maximum absolute atomic E-state index is 13.0. The van der Waals surface area contributed by atoms with Crippen molar-refractivity contribution in [2.45, 2.75) is 47.6 Å². The fourth-order valence-corrected chi connectivity index (χ4v) is 3.62. The van der Waals surface area contributed by atoms with Gasteiger partial charge >= 0.3 is 0 Å². The summed E-state index contributed by atoms with van der Waals surface area (Å²) >= 11 is 0. The molecule has 6 nitrogen and oxygen atoms in total. The molecule has 32 heavy (non-hydrogen) atoms. The van der Waals surface area contributed by atoms with Gasteiger partial charge in [0.1, 0.15) is 0 Å². The molecule has 8 heteroatoms. The number of hydrogen-bond acceptors (Lipinski definition) is 4. The lowest BCUT2D eigenvalue weighted by atomic mass is 9.92. The van der Waals surface area contributed by atoms with Gasteiger partial charge in [-0.3, -0.25) is 14.5 Å². The Morgan fingerprint density at radius 2 is 1.75 bits per heavy atom. The highest BCUT2D eigenvalue weighted by Crippen LogP contribution is 2.36. The molecule has 3 N–H and O–H groups in total. The highest BCUT2D eigenvalue weighted by molar-refractivity contribution is 6.06. The van der Waals surface area contributed by atoms with Crippen LogP contribution in [0.4, 0.5) is 5.69 Å². The van der Waals surface area contributed by atoms with Crippen LogP contribution in [0.15, 0.2) is 30.3 Å². The molecule has 0 aliphatic carbocycles. The second-order valence-corrected chi connectivity index (χ2v) is 8.29. The average Bonchev–Trinajstić information content (AvgIpc) is 3.02. The summed E-state index contributed by atoms with van der Waals surface area (Å²) in [5.74, 6) is 0.196. The first-order chi connectivity index (χ1) is 14.2. The molecule has 2 heterocycles. The summed E-state index contributed by atoms with van der Waals surface area (Å²) in [7, 11) is 1.82. The molecule has 0 spiro atoms. The van der Waals surface area contributed by atoms with Crippen molar-refractivity contribution >= 4 is 36.4 Å². The van der Waals surface area contributed by atoms with E-state index in [-0.39, 0.29) is 30.7 Å². The van der Waals surface area contributed by atoms with Crippen molar-refractivity contribution in [3.05, 3.63) is 64.2 Å². The molecule has 3 rings (SSSR count). The minimum absolute atomic E-state index is 0. The molecule has 0 saturated carbocycles. The highest BCUT2D eigenvalue weighted by atomic mass is 35.5. The largest absolute Gasteiger partial charge is 0.326 e. The Morgan fingerprint density at radius 3 is 2.25 bits per heavy atom. The van der Waals surface area contributed by atoms with E-state index in [0.29, 0.717) is 23.8 Å². The number of carbonyl (C=O) groups excluding carboxylic acids is 1. The highest BCUT2D eigenvalue weighted by Gasteiger charge is 2.22. The number of aryl methyl sites for hydroxylation is 4. The van der Waals surface area contributed by atoms with Gasteiger partial charge in [-0.1, -0.05) is 43.7 Å². The Hall–Kier alpha value is -2.41. The van der Waals surface area contributed by atoms with Crippen LogP contribution in [0.3, 0.4) is 0 Å². The number of nitrogens with two attached hydrogens (primary N) is 1. The summed E-state index contributed by atoms with van der Waals surface area (Å²) in [6.07, 6.45) is 0.833. The number of aromatic nitrogens is 3. The van der Waals surface area contributed by atoms with Gasteiger partial charge in [-0.25, -0.2) is 0 Å². The summed E-state index contributed by atoms with van der Waals surface area (Å²) in [6, 6.07) is 10.1. The van der Waals surface area contributed by atoms with Crippen LogP contribution in [0.2, 0.25) is 0 Å². The number of pyridine rings is 1. The summed E-state index contributed by atoms with van der Waals surface area (Å²) in [4.78, 5) is 17.8. The van der Waals surface area contributed by atoms with E-state index < -0.39 is 0 Å². The third-order valence-corrected chi connectivity index (χ3v) is 5.30. The van der Waals surface area contributed by atoms with Crippen molar-refractivity contribution in [1.82, 2.24) is 14.8 Å². The predicted octanol–water partition coefficient (Wildman–Crippen LogP) is 5.16. The smallest absolute Gasteiger partial charge is 0.276 e. The van der Waals surface area contributed by atoms with Gasteiger partial charge in [0.25, 0.3) is 5.91 Å². The zero-order valence-corrected chi connectivity index (χ0v) is 21.2. The number of amides is 1. The van der Waals surface area contributed by atoms with E-state index in [9.17, 15) is 4.79 Å². The lowest BCUT2D eigenvalue weighted by Gasteiger charge is -2.21. The molecule has 0 aliphatic rings. The summed E-state index contributed by atoms with van der Waals surface area (Å²) < 4.78 is 1.69. The zero-order chi connectivity index (χ0) is 22.0. The fourth-order valence-electron chi connectivity index (χ4n) is 3.62. The molecule has 0 atom stereocenters. The van der Waals surface area contributed by atoms with E-state index >= 15 is 0 Å². The van der Waals surface area contributed by atoms with Gasteiger partial charge in [0, 0.05) is 30.5 Å². The Balaban J connectivity index is 0.00000256. The monoisotopic (exact) mass is 477 g/mol. The molecule has 1 amide bonds. The summed E-state index contributed by atoms with van der Waals surface area (Å²) in [5.41, 5.74) is 14.1. The normalized spacial score (nSPS) is 10.5. The van der Waals surface area contributed by atoms with Crippen molar-refractivity contribution in [2.75, 3.05) is 5.32 Å². The van der Waals surface area contributed by atoms with Gasteiger partial charge in [0.2, 0.25) is 0 Å². The maximum Gasteiger partial charge on any atom is 0.276 e. The Labute approximate surface area is 202 Å². The number of halogens is 2. The maximum atomic E-state index is 13.0. The van der Waals surface area contributed by atoms with Crippen LogP contribution in [-0.4, -0.2) is 20.7 Å². The van der Waals surface area contributed by atoms with Crippen LogP contribution in [0.1, 0.15) is 52.5 Å². The molecular weight excluding hydrogens is 445 g/mol. The van der Waals surface area contributed by atoms with Gasteiger partial charge in [0.05, 0.1) is 11.4 Å². The van der Waals surface area contributed by atoms with E-state index in [1.165, 1.54) is 5.56 Å². The number of hydrogen-bond donors (Lipinski definition) is 2. The van der Waals surface area contributed by atoms with E-state index in [0.717, 1.165) is 40.2 Å². The standard InChI is InChI=1S/C24H31N5O.2ClH/c1-14(2)11-20-19(13-25)22(18-9-7-15(3)8-10-18)23(17(5)26-20)27-24(30)21-12-16(4)29(6)28-21;;/h7-10,12,14H,11,13,25H2,1-6H3,(H,27,30);2*1H. The molecule has 0 unspecified atom stereocenters. The van der Waals surface area contributed by atoms with E-state index in [1.54, 1.807) is 10.7 Å². The topological polar surface area (TPSA) is 85.8 Å². The Bertz CT molecular complexity index is 1060. The first-order valence-corrected chi connectivity index (χ1v) is 10.3. The lowest BCUT2D eigenvalue weighted by molar-refractivity contribution is 0.102. The minimum atomic E-state index is -0.253. The first-order valence-electron chi connectivity index (χ1n) is 10.3. The molecular formula is C24H33Cl2N5O. The van der Waals surface area contributed by atoms with Gasteiger partial charge in [-0.2, -0.15) is 5.10 Å². The quantitative estimate of drug-likeness (QED) is 0.513.